The maximum absolute atomic E-state index is 6.76. The third-order valence-corrected chi connectivity index (χ3v) is 9.45. The van der Waals surface area contributed by atoms with Crippen molar-refractivity contribution in [3.05, 3.63) is 164 Å². The highest BCUT2D eigenvalue weighted by atomic mass is 16.3. The average molecular weight is 642 g/mol. The normalized spacial score (nSPS) is 11.6. The third-order valence-electron chi connectivity index (χ3n) is 9.45. The summed E-state index contributed by atoms with van der Waals surface area (Å²) in [6.07, 6.45) is 3.63. The summed E-state index contributed by atoms with van der Waals surface area (Å²) in [6.45, 7) is 0. The predicted octanol–water partition coefficient (Wildman–Crippen LogP) is 12.0. The molecule has 0 saturated carbocycles. The average Bonchev–Trinajstić information content (AvgIpc) is 3.77. The first-order valence-corrected chi connectivity index (χ1v) is 16.6. The second-order valence-corrected chi connectivity index (χ2v) is 12.3. The van der Waals surface area contributed by atoms with Crippen molar-refractivity contribution >= 4 is 43.9 Å². The molecule has 234 valence electrons. The van der Waals surface area contributed by atoms with E-state index in [9.17, 15) is 0 Å². The van der Waals surface area contributed by atoms with Gasteiger partial charge in [-0.05, 0) is 59.2 Å². The maximum Gasteiger partial charge on any atom is 0.161 e. The molecule has 0 amide bonds. The molecule has 0 aliphatic rings. The molecule has 10 rings (SSSR count). The first-order chi connectivity index (χ1) is 24.8. The van der Waals surface area contributed by atoms with Crippen LogP contribution < -0.4 is 0 Å². The molecule has 5 nitrogen and oxygen atoms in total. The number of hydrogen-bond donors (Lipinski definition) is 0. The van der Waals surface area contributed by atoms with E-state index in [2.05, 4.69) is 77.8 Å². The van der Waals surface area contributed by atoms with E-state index in [1.54, 1.807) is 0 Å². The molecule has 4 aromatic heterocycles. The van der Waals surface area contributed by atoms with Crippen LogP contribution in [0, 0.1) is 0 Å². The largest absolute Gasteiger partial charge is 0.456 e. The zero-order chi connectivity index (χ0) is 33.0. The highest BCUT2D eigenvalue weighted by Crippen LogP contribution is 2.45. The van der Waals surface area contributed by atoms with E-state index in [4.69, 9.17) is 18.8 Å². The van der Waals surface area contributed by atoms with Crippen molar-refractivity contribution in [2.45, 2.75) is 0 Å². The lowest BCUT2D eigenvalue weighted by Gasteiger charge is -2.14. The lowest BCUT2D eigenvalue weighted by Crippen LogP contribution is -1.98. The second kappa shape index (κ2) is 11.4. The lowest BCUT2D eigenvalue weighted by molar-refractivity contribution is 0.668. The van der Waals surface area contributed by atoms with E-state index in [0.29, 0.717) is 5.82 Å². The SMILES string of the molecule is c1ccc(-c2cc(-c3ccc(-c4cccc5oc6ccccc6c45)c4oc5ccccc5c34)nc(-c3ccccc3-c3ccncc3)n2)cc1. The van der Waals surface area contributed by atoms with Gasteiger partial charge in [-0.2, -0.15) is 0 Å². The number of nitrogens with zero attached hydrogens (tertiary/aromatic N) is 3. The first kappa shape index (κ1) is 28.2. The molecular formula is C45H27N3O2. The minimum absolute atomic E-state index is 0.647. The molecule has 0 aliphatic carbocycles. The number of hydrogen-bond acceptors (Lipinski definition) is 5. The summed E-state index contributed by atoms with van der Waals surface area (Å²) in [7, 11) is 0. The number of benzene rings is 6. The summed E-state index contributed by atoms with van der Waals surface area (Å²) in [4.78, 5) is 14.7. The Bertz CT molecular complexity index is 2870. The molecule has 5 heteroatoms. The molecule has 0 N–H and O–H groups in total. The summed E-state index contributed by atoms with van der Waals surface area (Å²) in [6, 6.07) is 51.7. The molecule has 0 bridgehead atoms. The number of furan rings is 2. The van der Waals surface area contributed by atoms with E-state index in [1.165, 1.54) is 0 Å². The molecule has 0 aliphatic heterocycles. The minimum atomic E-state index is 0.647. The smallest absolute Gasteiger partial charge is 0.161 e. The van der Waals surface area contributed by atoms with Crippen LogP contribution in [-0.4, -0.2) is 15.0 Å². The van der Waals surface area contributed by atoms with Gasteiger partial charge in [-0.3, -0.25) is 4.98 Å². The van der Waals surface area contributed by atoms with Gasteiger partial charge in [0.25, 0.3) is 0 Å². The van der Waals surface area contributed by atoms with Crippen LogP contribution in [0.3, 0.4) is 0 Å². The Kier molecular flexibility index (Phi) is 6.42. The molecule has 0 saturated heterocycles. The van der Waals surface area contributed by atoms with Crippen molar-refractivity contribution in [1.82, 2.24) is 15.0 Å². The highest BCUT2D eigenvalue weighted by molar-refractivity contribution is 6.20. The maximum atomic E-state index is 6.76. The Morgan fingerprint density at radius 2 is 1.00 bits per heavy atom. The number of pyridine rings is 1. The van der Waals surface area contributed by atoms with Gasteiger partial charge in [0.05, 0.1) is 11.4 Å². The summed E-state index contributed by atoms with van der Waals surface area (Å²) >= 11 is 0. The number of para-hydroxylation sites is 2. The summed E-state index contributed by atoms with van der Waals surface area (Å²) in [5.74, 6) is 0.647. The number of fused-ring (bicyclic) bond motifs is 6. The van der Waals surface area contributed by atoms with Crippen LogP contribution >= 0.6 is 0 Å². The summed E-state index contributed by atoms with van der Waals surface area (Å²) in [5, 5.41) is 4.18. The van der Waals surface area contributed by atoms with Crippen molar-refractivity contribution in [2.24, 2.45) is 0 Å². The molecule has 10 aromatic rings. The zero-order valence-corrected chi connectivity index (χ0v) is 26.7. The number of rotatable bonds is 5. The van der Waals surface area contributed by atoms with Crippen LogP contribution in [0.1, 0.15) is 0 Å². The number of aromatic nitrogens is 3. The molecule has 4 heterocycles. The van der Waals surface area contributed by atoms with Crippen LogP contribution in [0.4, 0.5) is 0 Å². The van der Waals surface area contributed by atoms with E-state index < -0.39 is 0 Å². The van der Waals surface area contributed by atoms with Gasteiger partial charge in [0.2, 0.25) is 0 Å². The van der Waals surface area contributed by atoms with E-state index in [1.807, 2.05) is 91.3 Å². The lowest BCUT2D eigenvalue weighted by atomic mass is 9.94. The monoisotopic (exact) mass is 641 g/mol. The van der Waals surface area contributed by atoms with Crippen LogP contribution in [0.5, 0.6) is 0 Å². The molecule has 0 atom stereocenters. The zero-order valence-electron chi connectivity index (χ0n) is 26.7. The van der Waals surface area contributed by atoms with E-state index in [0.717, 1.165) is 94.2 Å². The minimum Gasteiger partial charge on any atom is -0.456 e. The topological polar surface area (TPSA) is 65.0 Å². The Hall–Kier alpha value is -6.85. The van der Waals surface area contributed by atoms with Gasteiger partial charge < -0.3 is 8.83 Å². The molecule has 0 radical (unpaired) electrons. The van der Waals surface area contributed by atoms with Crippen molar-refractivity contribution in [1.29, 1.82) is 0 Å². The van der Waals surface area contributed by atoms with Gasteiger partial charge in [0.1, 0.15) is 22.3 Å². The molecule has 6 aromatic carbocycles. The quantitative estimate of drug-likeness (QED) is 0.187. The van der Waals surface area contributed by atoms with Crippen LogP contribution in [0.2, 0.25) is 0 Å². The van der Waals surface area contributed by atoms with Crippen molar-refractivity contribution in [3.8, 4) is 56.2 Å². The van der Waals surface area contributed by atoms with Gasteiger partial charge in [-0.1, -0.05) is 109 Å². The Morgan fingerprint density at radius 3 is 1.82 bits per heavy atom. The highest BCUT2D eigenvalue weighted by Gasteiger charge is 2.22. The Morgan fingerprint density at radius 1 is 0.380 bits per heavy atom. The van der Waals surface area contributed by atoms with Crippen molar-refractivity contribution in [2.75, 3.05) is 0 Å². The standard InChI is InChI=1S/C45H27N3O2/c1-2-11-29(12-3-1)37-27-38(48-45(47-37)33-14-5-4-13-30(33)28-23-25-46-26-24-28)34-22-21-32(44-43(34)36-16-7-9-19-40(36)50-44)31-17-10-20-41-42(31)35-15-6-8-18-39(35)49-41/h1-27H. The first-order valence-electron chi connectivity index (χ1n) is 16.6. The molecule has 0 unspecified atom stereocenters. The fraction of sp³-hybridized carbons (Fsp3) is 0. The predicted molar refractivity (Wildman–Crippen MR) is 202 cm³/mol. The summed E-state index contributed by atoms with van der Waals surface area (Å²) < 4.78 is 13.0. The molecule has 50 heavy (non-hydrogen) atoms. The fourth-order valence-corrected chi connectivity index (χ4v) is 7.18. The second-order valence-electron chi connectivity index (χ2n) is 12.3. The van der Waals surface area contributed by atoms with Crippen LogP contribution in [-0.2, 0) is 0 Å². The Labute approximate surface area is 287 Å². The van der Waals surface area contributed by atoms with Gasteiger partial charge in [0, 0.05) is 56.2 Å². The van der Waals surface area contributed by atoms with Gasteiger partial charge in [0.15, 0.2) is 5.82 Å². The summed E-state index contributed by atoms with van der Waals surface area (Å²) in [5.41, 5.74) is 12.1. The van der Waals surface area contributed by atoms with Gasteiger partial charge in [-0.15, -0.1) is 0 Å². The van der Waals surface area contributed by atoms with Crippen molar-refractivity contribution in [3.63, 3.8) is 0 Å². The van der Waals surface area contributed by atoms with Crippen molar-refractivity contribution < 1.29 is 8.83 Å². The molecule has 0 spiro atoms. The van der Waals surface area contributed by atoms with Crippen LogP contribution in [0.25, 0.3) is 100 Å². The van der Waals surface area contributed by atoms with Crippen LogP contribution in [0.15, 0.2) is 173 Å². The molecular weight excluding hydrogens is 615 g/mol. The van der Waals surface area contributed by atoms with E-state index >= 15 is 0 Å². The molecule has 0 fully saturated rings. The van der Waals surface area contributed by atoms with Gasteiger partial charge >= 0.3 is 0 Å². The van der Waals surface area contributed by atoms with E-state index in [-0.39, 0.29) is 0 Å². The Balaban J connectivity index is 1.26. The third kappa shape index (κ3) is 4.52. The van der Waals surface area contributed by atoms with Gasteiger partial charge in [-0.25, -0.2) is 9.97 Å². The fourth-order valence-electron chi connectivity index (χ4n) is 7.18.